The van der Waals surface area contributed by atoms with Crippen LogP contribution in [-0.4, -0.2) is 26.5 Å². The standard InChI is InChI=1S/C22H21Cl2FN2O2S/c1-14-6-8-27(9-7-14)22-17-11-16(25)3-5-20(17)26-12-21(22)30(28,29)13-15-2-4-18(23)19(24)10-15/h2-5,10-12,14H,6-9,13H2,1H3. The Kier molecular flexibility index (Phi) is 5.93. The first-order valence-electron chi connectivity index (χ1n) is 9.74. The molecule has 2 aromatic carbocycles. The van der Waals surface area contributed by atoms with Crippen molar-refractivity contribution in [1.29, 1.82) is 0 Å². The number of halogens is 3. The van der Waals surface area contributed by atoms with Gasteiger partial charge < -0.3 is 4.90 Å². The average molecular weight is 467 g/mol. The number of piperidine rings is 1. The molecular weight excluding hydrogens is 446 g/mol. The monoisotopic (exact) mass is 466 g/mol. The summed E-state index contributed by atoms with van der Waals surface area (Å²) in [5.74, 6) is -0.0961. The normalized spacial score (nSPS) is 15.7. The largest absolute Gasteiger partial charge is 0.370 e. The molecule has 158 valence electrons. The van der Waals surface area contributed by atoms with Gasteiger partial charge >= 0.3 is 0 Å². The predicted molar refractivity (Wildman–Crippen MR) is 120 cm³/mol. The summed E-state index contributed by atoms with van der Waals surface area (Å²) in [4.78, 5) is 6.47. The van der Waals surface area contributed by atoms with Crippen molar-refractivity contribution in [2.75, 3.05) is 18.0 Å². The van der Waals surface area contributed by atoms with E-state index < -0.39 is 15.7 Å². The summed E-state index contributed by atoms with van der Waals surface area (Å²) in [7, 11) is -3.77. The van der Waals surface area contributed by atoms with Crippen LogP contribution < -0.4 is 4.90 Å². The van der Waals surface area contributed by atoms with Crippen LogP contribution in [0.25, 0.3) is 10.9 Å². The van der Waals surface area contributed by atoms with Crippen LogP contribution in [0.4, 0.5) is 10.1 Å². The molecule has 0 radical (unpaired) electrons. The van der Waals surface area contributed by atoms with Gasteiger partial charge in [0.1, 0.15) is 10.7 Å². The average Bonchev–Trinajstić information content (AvgIpc) is 2.70. The molecule has 0 bridgehead atoms. The van der Waals surface area contributed by atoms with Crippen molar-refractivity contribution in [3.63, 3.8) is 0 Å². The highest BCUT2D eigenvalue weighted by Gasteiger charge is 2.28. The Labute approximate surface area is 185 Å². The van der Waals surface area contributed by atoms with E-state index in [1.54, 1.807) is 24.3 Å². The molecule has 1 aliphatic heterocycles. The number of sulfone groups is 1. The van der Waals surface area contributed by atoms with Crippen molar-refractivity contribution in [2.45, 2.75) is 30.4 Å². The molecule has 0 amide bonds. The first-order valence-corrected chi connectivity index (χ1v) is 12.2. The Bertz CT molecular complexity index is 1210. The Morgan fingerprint density at radius 3 is 2.53 bits per heavy atom. The van der Waals surface area contributed by atoms with Gasteiger partial charge in [-0.2, -0.15) is 0 Å². The molecule has 1 aliphatic rings. The van der Waals surface area contributed by atoms with E-state index in [2.05, 4.69) is 11.9 Å². The fourth-order valence-electron chi connectivity index (χ4n) is 3.85. The van der Waals surface area contributed by atoms with Gasteiger partial charge in [0.15, 0.2) is 9.84 Å². The quantitative estimate of drug-likeness (QED) is 0.480. The number of pyridine rings is 1. The van der Waals surface area contributed by atoms with Crippen LogP contribution >= 0.6 is 23.2 Å². The summed E-state index contributed by atoms with van der Waals surface area (Å²) < 4.78 is 40.9. The minimum atomic E-state index is -3.77. The topological polar surface area (TPSA) is 50.3 Å². The molecule has 8 heteroatoms. The Hall–Kier alpha value is -1.89. The molecule has 0 aliphatic carbocycles. The summed E-state index contributed by atoms with van der Waals surface area (Å²) in [5, 5.41) is 1.18. The van der Waals surface area contributed by atoms with Gasteiger partial charge in [-0.25, -0.2) is 12.8 Å². The van der Waals surface area contributed by atoms with Gasteiger partial charge in [-0.05, 0) is 54.7 Å². The maximum Gasteiger partial charge on any atom is 0.186 e. The van der Waals surface area contributed by atoms with E-state index in [-0.39, 0.29) is 10.6 Å². The molecule has 0 unspecified atom stereocenters. The van der Waals surface area contributed by atoms with E-state index >= 15 is 0 Å². The van der Waals surface area contributed by atoms with Crippen LogP contribution in [0.15, 0.2) is 47.5 Å². The molecule has 0 saturated carbocycles. The first-order chi connectivity index (χ1) is 14.2. The molecule has 0 N–H and O–H groups in total. The highest BCUT2D eigenvalue weighted by Crippen LogP contribution is 2.37. The number of benzene rings is 2. The highest BCUT2D eigenvalue weighted by molar-refractivity contribution is 7.90. The van der Waals surface area contributed by atoms with Gasteiger partial charge in [-0.1, -0.05) is 36.2 Å². The molecule has 2 heterocycles. The highest BCUT2D eigenvalue weighted by atomic mass is 35.5. The number of aromatic nitrogens is 1. The van der Waals surface area contributed by atoms with Crippen molar-refractivity contribution >= 4 is 49.6 Å². The van der Waals surface area contributed by atoms with Crippen molar-refractivity contribution in [1.82, 2.24) is 4.98 Å². The second-order valence-electron chi connectivity index (χ2n) is 7.81. The minimum Gasteiger partial charge on any atom is -0.370 e. The van der Waals surface area contributed by atoms with Crippen LogP contribution in [-0.2, 0) is 15.6 Å². The van der Waals surface area contributed by atoms with Gasteiger partial charge in [0.2, 0.25) is 0 Å². The number of fused-ring (bicyclic) bond motifs is 1. The summed E-state index contributed by atoms with van der Waals surface area (Å²) in [5.41, 5.74) is 1.63. The van der Waals surface area contributed by atoms with Gasteiger partial charge in [0, 0.05) is 24.7 Å². The molecule has 3 aromatic rings. The fourth-order valence-corrected chi connectivity index (χ4v) is 5.69. The third-order valence-electron chi connectivity index (χ3n) is 5.54. The molecular formula is C22H21Cl2FN2O2S. The second kappa shape index (κ2) is 8.33. The molecule has 4 rings (SSSR count). The van der Waals surface area contributed by atoms with Crippen LogP contribution in [0.3, 0.4) is 0 Å². The zero-order valence-corrected chi connectivity index (χ0v) is 18.7. The van der Waals surface area contributed by atoms with Gasteiger partial charge in [-0.15, -0.1) is 0 Å². The summed E-state index contributed by atoms with van der Waals surface area (Å²) in [6.07, 6.45) is 3.29. The number of hydrogen-bond donors (Lipinski definition) is 0. The molecule has 1 saturated heterocycles. The summed E-state index contributed by atoms with van der Waals surface area (Å²) >= 11 is 12.0. The third kappa shape index (κ3) is 4.27. The number of anilines is 1. The van der Waals surface area contributed by atoms with Gasteiger partial charge in [-0.3, -0.25) is 4.98 Å². The molecule has 0 atom stereocenters. The predicted octanol–water partition coefficient (Wildman–Crippen LogP) is 5.89. The summed E-state index contributed by atoms with van der Waals surface area (Å²) in [6, 6.07) is 9.06. The maximum atomic E-state index is 14.1. The molecule has 1 fully saturated rings. The van der Waals surface area contributed by atoms with Gasteiger partial charge in [0.25, 0.3) is 0 Å². The summed E-state index contributed by atoms with van der Waals surface area (Å²) in [6.45, 7) is 3.61. The zero-order valence-electron chi connectivity index (χ0n) is 16.4. The molecule has 1 aromatic heterocycles. The number of rotatable bonds is 4. The third-order valence-corrected chi connectivity index (χ3v) is 7.96. The lowest BCUT2D eigenvalue weighted by atomic mass is 9.98. The van der Waals surface area contributed by atoms with Crippen LogP contribution in [0.1, 0.15) is 25.3 Å². The minimum absolute atomic E-state index is 0.112. The Morgan fingerprint density at radius 1 is 1.10 bits per heavy atom. The van der Waals surface area contributed by atoms with E-state index in [1.165, 1.54) is 18.3 Å². The Morgan fingerprint density at radius 2 is 1.83 bits per heavy atom. The van der Waals surface area contributed by atoms with Crippen molar-refractivity contribution in [3.8, 4) is 0 Å². The smallest absolute Gasteiger partial charge is 0.186 e. The Balaban J connectivity index is 1.84. The van der Waals surface area contributed by atoms with Gasteiger partial charge in [0.05, 0.1) is 27.0 Å². The fraction of sp³-hybridized carbons (Fsp3) is 0.318. The maximum absolute atomic E-state index is 14.1. The lowest BCUT2D eigenvalue weighted by Crippen LogP contribution is -2.34. The zero-order chi connectivity index (χ0) is 21.5. The lowest BCUT2D eigenvalue weighted by molar-refractivity contribution is 0.437. The van der Waals surface area contributed by atoms with E-state index in [1.807, 2.05) is 4.90 Å². The molecule has 30 heavy (non-hydrogen) atoms. The van der Waals surface area contributed by atoms with Crippen molar-refractivity contribution < 1.29 is 12.8 Å². The SMILES string of the molecule is CC1CCN(c2c(S(=O)(=O)Cc3ccc(Cl)c(Cl)c3)cnc3ccc(F)cc23)CC1. The number of hydrogen-bond acceptors (Lipinski definition) is 4. The molecule has 0 spiro atoms. The second-order valence-corrected chi connectivity index (χ2v) is 10.6. The van der Waals surface area contributed by atoms with E-state index in [0.717, 1.165) is 12.8 Å². The van der Waals surface area contributed by atoms with Crippen LogP contribution in [0.2, 0.25) is 10.0 Å². The van der Waals surface area contributed by atoms with E-state index in [9.17, 15) is 12.8 Å². The lowest BCUT2D eigenvalue weighted by Gasteiger charge is -2.34. The van der Waals surface area contributed by atoms with Crippen molar-refractivity contribution in [2.24, 2.45) is 5.92 Å². The van der Waals surface area contributed by atoms with Crippen LogP contribution in [0.5, 0.6) is 0 Å². The van der Waals surface area contributed by atoms with Crippen LogP contribution in [0, 0.1) is 11.7 Å². The van der Waals surface area contributed by atoms with E-state index in [0.29, 0.717) is 51.2 Å². The van der Waals surface area contributed by atoms with E-state index in [4.69, 9.17) is 23.2 Å². The number of nitrogens with zero attached hydrogens (tertiary/aromatic N) is 2. The first kappa shape index (κ1) is 21.3. The molecule has 4 nitrogen and oxygen atoms in total. The van der Waals surface area contributed by atoms with Crippen molar-refractivity contribution in [3.05, 3.63) is 64.0 Å².